The molecule has 0 spiro atoms. The minimum atomic E-state index is -0.143. The molecule has 0 atom stereocenters. The first-order chi connectivity index (χ1) is 9.70. The number of benzene rings is 1. The van der Waals surface area contributed by atoms with E-state index in [2.05, 4.69) is 27.1 Å². The van der Waals surface area contributed by atoms with Crippen molar-refractivity contribution in [2.45, 2.75) is 13.5 Å². The maximum Gasteiger partial charge on any atom is 0.251 e. The van der Waals surface area contributed by atoms with Gasteiger partial charge in [0.1, 0.15) is 5.82 Å². The maximum absolute atomic E-state index is 12.2. The molecule has 1 amide bonds. The number of amides is 1. The van der Waals surface area contributed by atoms with Gasteiger partial charge < -0.3 is 16.0 Å². The van der Waals surface area contributed by atoms with E-state index in [4.69, 9.17) is 5.73 Å². The molecule has 0 unspecified atom stereocenters. The first kappa shape index (κ1) is 13.8. The number of hydrogen-bond donors (Lipinski definition) is 3. The Morgan fingerprint density at radius 1 is 1.50 bits per heavy atom. The van der Waals surface area contributed by atoms with Crippen LogP contribution < -0.4 is 11.1 Å². The van der Waals surface area contributed by atoms with E-state index in [-0.39, 0.29) is 5.91 Å². The van der Waals surface area contributed by atoms with Gasteiger partial charge >= 0.3 is 0 Å². The van der Waals surface area contributed by atoms with Crippen LogP contribution in [0.2, 0.25) is 0 Å². The summed E-state index contributed by atoms with van der Waals surface area (Å²) in [4.78, 5) is 19.2. The van der Waals surface area contributed by atoms with E-state index in [1.807, 2.05) is 19.1 Å². The normalized spacial score (nSPS) is 9.70. The zero-order valence-corrected chi connectivity index (χ0v) is 11.2. The van der Waals surface area contributed by atoms with Crippen LogP contribution in [0.25, 0.3) is 0 Å². The number of carbonyl (C=O) groups excluding carboxylic acids is 1. The summed E-state index contributed by atoms with van der Waals surface area (Å²) in [6.07, 6.45) is 3.37. The molecular formula is C15H16N4O. The van der Waals surface area contributed by atoms with E-state index in [1.165, 1.54) is 0 Å². The van der Waals surface area contributed by atoms with Crippen LogP contribution in [0.15, 0.2) is 30.6 Å². The summed E-state index contributed by atoms with van der Waals surface area (Å²) in [5.74, 6) is 6.27. The lowest BCUT2D eigenvalue weighted by atomic mass is 10.0. The van der Waals surface area contributed by atoms with E-state index >= 15 is 0 Å². The van der Waals surface area contributed by atoms with E-state index in [1.54, 1.807) is 18.5 Å². The van der Waals surface area contributed by atoms with Crippen LogP contribution in [0.1, 0.15) is 27.3 Å². The molecule has 0 radical (unpaired) electrons. The minimum Gasteiger partial charge on any atom is -0.347 e. The lowest BCUT2D eigenvalue weighted by Gasteiger charge is -2.07. The standard InChI is InChI=1S/C15H16N4O/c1-11-4-5-12(3-2-6-16)9-13(11)15(20)19-10-14-17-7-8-18-14/h4-5,7-9H,6,10,16H2,1H3,(H,17,18)(H,19,20). The molecule has 0 saturated heterocycles. The smallest absolute Gasteiger partial charge is 0.251 e. The molecule has 5 nitrogen and oxygen atoms in total. The van der Waals surface area contributed by atoms with Crippen molar-refractivity contribution in [3.63, 3.8) is 0 Å². The van der Waals surface area contributed by atoms with Crippen molar-refractivity contribution in [1.29, 1.82) is 0 Å². The third kappa shape index (κ3) is 3.46. The Bertz CT molecular complexity index is 650. The van der Waals surface area contributed by atoms with E-state index in [0.717, 1.165) is 17.0 Å². The number of hydrogen-bond acceptors (Lipinski definition) is 3. The van der Waals surface area contributed by atoms with Crippen LogP contribution in [0.4, 0.5) is 0 Å². The first-order valence-electron chi connectivity index (χ1n) is 6.26. The summed E-state index contributed by atoms with van der Waals surface area (Å²) in [6.45, 7) is 2.56. The zero-order chi connectivity index (χ0) is 14.4. The van der Waals surface area contributed by atoms with Crippen LogP contribution in [0.3, 0.4) is 0 Å². The molecule has 102 valence electrons. The lowest BCUT2D eigenvalue weighted by molar-refractivity contribution is 0.0949. The number of rotatable bonds is 3. The predicted octanol–water partition coefficient (Wildman–Crippen LogP) is 0.958. The van der Waals surface area contributed by atoms with Crippen molar-refractivity contribution >= 4 is 5.91 Å². The number of nitrogens with two attached hydrogens (primary N) is 1. The van der Waals surface area contributed by atoms with Gasteiger partial charge in [0, 0.05) is 23.5 Å². The molecule has 0 aliphatic heterocycles. The summed E-state index contributed by atoms with van der Waals surface area (Å²) in [6, 6.07) is 5.53. The highest BCUT2D eigenvalue weighted by Gasteiger charge is 2.09. The summed E-state index contributed by atoms with van der Waals surface area (Å²) < 4.78 is 0. The number of nitrogens with zero attached hydrogens (tertiary/aromatic N) is 1. The molecule has 2 aromatic rings. The highest BCUT2D eigenvalue weighted by molar-refractivity contribution is 5.95. The van der Waals surface area contributed by atoms with E-state index < -0.39 is 0 Å². The second-order valence-electron chi connectivity index (χ2n) is 4.25. The Labute approximate surface area is 117 Å². The molecule has 4 N–H and O–H groups in total. The molecule has 0 saturated carbocycles. The van der Waals surface area contributed by atoms with Gasteiger partial charge in [-0.3, -0.25) is 4.79 Å². The van der Waals surface area contributed by atoms with Gasteiger partial charge in [0.15, 0.2) is 0 Å². The molecule has 0 bridgehead atoms. The molecule has 0 fully saturated rings. The topological polar surface area (TPSA) is 83.8 Å². The molecule has 0 aliphatic rings. The van der Waals surface area contributed by atoms with Gasteiger partial charge in [0.2, 0.25) is 0 Å². The Hall–Kier alpha value is -2.58. The van der Waals surface area contributed by atoms with Gasteiger partial charge in [-0.25, -0.2) is 4.98 Å². The van der Waals surface area contributed by atoms with Crippen LogP contribution in [0, 0.1) is 18.8 Å². The highest BCUT2D eigenvalue weighted by atomic mass is 16.1. The molecular weight excluding hydrogens is 252 g/mol. The number of H-pyrrole nitrogens is 1. The van der Waals surface area contributed by atoms with Gasteiger partial charge in [-0.1, -0.05) is 17.9 Å². The average Bonchev–Trinajstić information content (AvgIpc) is 2.97. The van der Waals surface area contributed by atoms with Gasteiger partial charge in [0.05, 0.1) is 13.1 Å². The van der Waals surface area contributed by atoms with E-state index in [0.29, 0.717) is 18.7 Å². The summed E-state index contributed by atoms with van der Waals surface area (Å²) in [5.41, 5.74) is 7.64. The number of imidazole rings is 1. The quantitative estimate of drug-likeness (QED) is 0.725. The Morgan fingerprint density at radius 3 is 3.05 bits per heavy atom. The Balaban J connectivity index is 2.12. The van der Waals surface area contributed by atoms with Crippen molar-refractivity contribution < 1.29 is 4.79 Å². The van der Waals surface area contributed by atoms with E-state index in [9.17, 15) is 4.79 Å². The summed E-state index contributed by atoms with van der Waals surface area (Å²) in [7, 11) is 0. The SMILES string of the molecule is Cc1ccc(C#CCN)cc1C(=O)NCc1ncc[nH]1. The lowest BCUT2D eigenvalue weighted by Crippen LogP contribution is -2.24. The number of nitrogens with one attached hydrogen (secondary N) is 2. The molecule has 20 heavy (non-hydrogen) atoms. The number of aromatic amines is 1. The number of aromatic nitrogens is 2. The zero-order valence-electron chi connectivity index (χ0n) is 11.2. The molecule has 1 heterocycles. The van der Waals surface area contributed by atoms with Crippen molar-refractivity contribution in [1.82, 2.24) is 15.3 Å². The van der Waals surface area contributed by atoms with Gasteiger partial charge in [-0.15, -0.1) is 0 Å². The number of carbonyl (C=O) groups is 1. The monoisotopic (exact) mass is 268 g/mol. The molecule has 1 aromatic carbocycles. The summed E-state index contributed by atoms with van der Waals surface area (Å²) in [5, 5.41) is 2.82. The Morgan fingerprint density at radius 2 is 2.35 bits per heavy atom. The minimum absolute atomic E-state index is 0.143. The van der Waals surface area contributed by atoms with Crippen LogP contribution >= 0.6 is 0 Å². The van der Waals surface area contributed by atoms with Gasteiger partial charge in [0.25, 0.3) is 5.91 Å². The molecule has 5 heteroatoms. The first-order valence-corrected chi connectivity index (χ1v) is 6.26. The van der Waals surface area contributed by atoms with Gasteiger partial charge in [-0.2, -0.15) is 0 Å². The van der Waals surface area contributed by atoms with Crippen LogP contribution in [-0.4, -0.2) is 22.4 Å². The van der Waals surface area contributed by atoms with Crippen molar-refractivity contribution in [3.05, 3.63) is 53.1 Å². The maximum atomic E-state index is 12.2. The predicted molar refractivity (Wildman–Crippen MR) is 76.9 cm³/mol. The average molecular weight is 268 g/mol. The van der Waals surface area contributed by atoms with Crippen LogP contribution in [0.5, 0.6) is 0 Å². The van der Waals surface area contributed by atoms with Crippen molar-refractivity contribution in [3.8, 4) is 11.8 Å². The van der Waals surface area contributed by atoms with Crippen molar-refractivity contribution in [2.75, 3.05) is 6.54 Å². The van der Waals surface area contributed by atoms with Crippen LogP contribution in [-0.2, 0) is 6.54 Å². The third-order valence-electron chi connectivity index (χ3n) is 2.79. The second kappa shape index (κ2) is 6.55. The fourth-order valence-electron chi connectivity index (χ4n) is 1.75. The molecule has 2 rings (SSSR count). The van der Waals surface area contributed by atoms with Crippen molar-refractivity contribution in [2.24, 2.45) is 5.73 Å². The fraction of sp³-hybridized carbons (Fsp3) is 0.200. The largest absolute Gasteiger partial charge is 0.347 e. The molecule has 0 aliphatic carbocycles. The molecule has 1 aromatic heterocycles. The third-order valence-corrected chi connectivity index (χ3v) is 2.79. The number of aryl methyl sites for hydroxylation is 1. The second-order valence-corrected chi connectivity index (χ2v) is 4.25. The Kier molecular flexibility index (Phi) is 4.53. The summed E-state index contributed by atoms with van der Waals surface area (Å²) >= 11 is 0. The highest BCUT2D eigenvalue weighted by Crippen LogP contribution is 2.10. The fourth-order valence-corrected chi connectivity index (χ4v) is 1.75. The van der Waals surface area contributed by atoms with Gasteiger partial charge in [-0.05, 0) is 24.6 Å².